The highest BCUT2D eigenvalue weighted by Gasteiger charge is 2.73. The molecule has 5 aliphatic carbocycles. The molecule has 0 spiro atoms. The monoisotopic (exact) mass is 1960 g/mol. The number of aliphatic hydroxyl groups is 22. The van der Waals surface area contributed by atoms with Crippen molar-refractivity contribution in [2.24, 2.45) is 50.2 Å². The quantitative estimate of drug-likeness (QED) is 0.0104. The molecule has 22 N–H and O–H groups in total. The van der Waals surface area contributed by atoms with Gasteiger partial charge in [-0.15, -0.1) is 13.2 Å². The molecule has 8 heterocycles. The van der Waals surface area contributed by atoms with Crippen molar-refractivity contribution in [3.8, 4) is 0 Å². The smallest absolute Gasteiger partial charge is 0.336 e. The first kappa shape index (κ1) is 110. The highest BCUT2D eigenvalue weighted by molar-refractivity contribution is 5.89. The molecule has 0 radical (unpaired) electrons. The Morgan fingerprint density at radius 3 is 1.52 bits per heavy atom. The lowest BCUT2D eigenvalue weighted by atomic mass is 9.33. The molecular formula is C94H148O43. The van der Waals surface area contributed by atoms with Gasteiger partial charge in [0.15, 0.2) is 62.3 Å². The van der Waals surface area contributed by atoms with Crippen LogP contribution in [0.15, 0.2) is 60.3 Å². The van der Waals surface area contributed by atoms with E-state index < -0.39 is 347 Å². The summed E-state index contributed by atoms with van der Waals surface area (Å²) in [6.45, 7) is 24.8. The number of aliphatic hydroxyl groups excluding tert-OH is 20. The second-order valence-corrected chi connectivity index (χ2v) is 42.6. The summed E-state index contributed by atoms with van der Waals surface area (Å²) in [5, 5.41) is 248. The van der Waals surface area contributed by atoms with Crippen molar-refractivity contribution in [1.82, 2.24) is 0 Å². The highest BCUT2D eigenvalue weighted by atomic mass is 16.8. The lowest BCUT2D eigenvalue weighted by molar-refractivity contribution is -0.381. The summed E-state index contributed by atoms with van der Waals surface area (Å²) in [7, 11) is 0. The summed E-state index contributed by atoms with van der Waals surface area (Å²) < 4.78 is 110. The van der Waals surface area contributed by atoms with Gasteiger partial charge in [-0.1, -0.05) is 84.4 Å². The largest absolute Gasteiger partial charge is 0.452 e. The van der Waals surface area contributed by atoms with Crippen LogP contribution in [0.4, 0.5) is 0 Å². The van der Waals surface area contributed by atoms with Crippen molar-refractivity contribution in [2.45, 2.75) is 411 Å². The Morgan fingerprint density at radius 2 is 0.942 bits per heavy atom. The normalized spacial score (nSPS) is 48.3. The molecule has 0 aromatic carbocycles. The summed E-state index contributed by atoms with van der Waals surface area (Å²) in [6, 6.07) is 0. The Hall–Kier alpha value is -4.37. The van der Waals surface area contributed by atoms with E-state index in [1.807, 2.05) is 0 Å². The van der Waals surface area contributed by atoms with Gasteiger partial charge in [0.2, 0.25) is 6.29 Å². The minimum Gasteiger partial charge on any atom is -0.452 e. The van der Waals surface area contributed by atoms with Gasteiger partial charge >= 0.3 is 17.9 Å². The molecular weight excluding hydrogens is 1820 g/mol. The van der Waals surface area contributed by atoms with Crippen LogP contribution in [0.5, 0.6) is 0 Å². The molecule has 43 heteroatoms. The molecule has 47 unspecified atom stereocenters. The topological polar surface area (TPSA) is 662 Å². The van der Waals surface area contributed by atoms with Gasteiger partial charge in [-0.05, 0) is 163 Å². The summed E-state index contributed by atoms with van der Waals surface area (Å²) in [4.78, 5) is 45.1. The lowest BCUT2D eigenvalue weighted by Gasteiger charge is -2.72. The molecule has 8 aliphatic heterocycles. The fraction of sp³-hybridized carbons (Fsp3) is 0.862. The van der Waals surface area contributed by atoms with Gasteiger partial charge in [0, 0.05) is 5.57 Å². The number of carbonyl (C=O) groups is 3. The van der Waals surface area contributed by atoms with Crippen molar-refractivity contribution in [3.63, 3.8) is 0 Å². The van der Waals surface area contributed by atoms with Crippen molar-refractivity contribution in [3.05, 3.63) is 60.3 Å². The van der Waals surface area contributed by atoms with Crippen molar-refractivity contribution >= 4 is 17.9 Å². The Labute approximate surface area is 794 Å². The number of hydrogen-bond acceptors (Lipinski definition) is 43. The number of ether oxygens (including phenoxy) is 18. The molecule has 13 rings (SSSR count). The minimum atomic E-state index is -2.29. The van der Waals surface area contributed by atoms with Gasteiger partial charge in [0.25, 0.3) is 0 Å². The molecule has 137 heavy (non-hydrogen) atoms. The Balaban J connectivity index is 0.789. The van der Waals surface area contributed by atoms with Crippen LogP contribution >= 0.6 is 0 Å². The van der Waals surface area contributed by atoms with E-state index in [4.69, 9.17) is 85.3 Å². The van der Waals surface area contributed by atoms with Gasteiger partial charge in [-0.2, -0.15) is 0 Å². The molecule has 4 saturated carbocycles. The standard InChI is InChI=1S/C94H148O43/c1-15-89(10,118)25-17-19-40(3)76(115)132-75-72(131-77(116)43(33-95)20-18-26-90(11,119)16-2)56(101)41(4)126-83(75)125-39-51-61(106)63(108)74(136-82-68(113)64(109)70(42(5)127-82)133-81-69(114)71(49(99)37-123-81)134-79-66(111)58(103)47(97)35-121-79)85(129-51)137-86(117)94-30-29-87(6,7)31-45(94)44-21-22-53-91(12)27-24-55(88(8,9)52(91)23-28-92(53,13)93(44,14)32-54(94)100)130-84-73(135-80-67(112)59(104)48(98)36-122-80)62(107)60(105)50(128-84)38-124-78-65(110)57(102)46(96)34-120-78/h15-16,19-21,41-42,45-75,78-85,95-114,118-119H,1-2,17-18,22-39H2,3-14H3. The SMILES string of the molecule is C=CC(C)(O)CCC=C(C)C(=O)OC1C(OCC2OC(OC(=O)C34CCC(C)(C)CC3C3=CCC5C6(C)CCC(OC7OC(COC8OCC(O)C(O)C8O)C(O)C(O)C7OC7OCC(O)C(O)C7O)C(C)(C)C6CCC5(C)C3(C)CC4O)C(OC3OC(C)C(OC4OCC(O)C(OC5OCC(O)C(O)C5O)C4O)C(O)C3O)C(O)C2O)OC(C)C(O)C1OC(=O)C(=CCCC(C)(O)C=C)CO. The average molecular weight is 1970 g/mol. The third-order valence-corrected chi connectivity index (χ3v) is 32.4. The van der Waals surface area contributed by atoms with Crippen LogP contribution in [-0.2, 0) is 99.6 Å². The Morgan fingerprint density at radius 1 is 0.460 bits per heavy atom. The van der Waals surface area contributed by atoms with E-state index in [0.717, 1.165) is 5.57 Å². The summed E-state index contributed by atoms with van der Waals surface area (Å²) in [6.07, 6.45) is -55.5. The van der Waals surface area contributed by atoms with Crippen LogP contribution < -0.4 is 0 Å². The third kappa shape index (κ3) is 22.1. The maximum atomic E-state index is 16.6. The van der Waals surface area contributed by atoms with Crippen LogP contribution in [0, 0.1) is 50.2 Å². The molecule has 12 fully saturated rings. The molecule has 0 aromatic rings. The zero-order chi connectivity index (χ0) is 101. The Bertz CT molecular complexity index is 4190. The number of carbonyl (C=O) groups excluding carboxylic acids is 3. The summed E-state index contributed by atoms with van der Waals surface area (Å²) in [5.41, 5.74) is -7.35. The van der Waals surface area contributed by atoms with E-state index in [9.17, 15) is 122 Å². The molecule has 782 valence electrons. The number of esters is 3. The summed E-state index contributed by atoms with van der Waals surface area (Å²) in [5.74, 6) is -4.38. The first-order valence-electron chi connectivity index (χ1n) is 47.7. The number of rotatable bonds is 31. The van der Waals surface area contributed by atoms with Crippen LogP contribution in [0.1, 0.15) is 167 Å². The maximum absolute atomic E-state index is 16.6. The van der Waals surface area contributed by atoms with Gasteiger partial charge < -0.3 is 198 Å². The van der Waals surface area contributed by atoms with E-state index >= 15 is 4.79 Å². The minimum absolute atomic E-state index is 0.00697. The molecule has 0 amide bonds. The van der Waals surface area contributed by atoms with Crippen molar-refractivity contribution in [1.29, 1.82) is 0 Å². The maximum Gasteiger partial charge on any atom is 0.336 e. The first-order chi connectivity index (χ1) is 64.1. The molecule has 43 nitrogen and oxygen atoms in total. The zero-order valence-corrected chi connectivity index (χ0v) is 79.5. The van der Waals surface area contributed by atoms with Crippen LogP contribution in [0.3, 0.4) is 0 Å². The zero-order valence-electron chi connectivity index (χ0n) is 79.5. The second-order valence-electron chi connectivity index (χ2n) is 42.6. The number of hydrogen-bond donors (Lipinski definition) is 22. The Kier molecular flexibility index (Phi) is 34.8. The van der Waals surface area contributed by atoms with E-state index in [0.29, 0.717) is 44.9 Å². The molecule has 0 bridgehead atoms. The van der Waals surface area contributed by atoms with Crippen molar-refractivity contribution in [2.75, 3.05) is 46.2 Å². The fourth-order valence-electron chi connectivity index (χ4n) is 23.4. The van der Waals surface area contributed by atoms with E-state index in [2.05, 4.69) is 67.7 Å². The molecule has 8 saturated heterocycles. The third-order valence-electron chi connectivity index (χ3n) is 32.4. The van der Waals surface area contributed by atoms with Crippen LogP contribution in [0.25, 0.3) is 0 Å². The first-order valence-corrected chi connectivity index (χ1v) is 47.7. The lowest BCUT2D eigenvalue weighted by Crippen LogP contribution is -2.69. The predicted molar refractivity (Wildman–Crippen MR) is 465 cm³/mol. The second kappa shape index (κ2) is 43.3. The van der Waals surface area contributed by atoms with Crippen LogP contribution in [0.2, 0.25) is 0 Å². The number of fused-ring (bicyclic) bond motifs is 7. The van der Waals surface area contributed by atoms with Crippen LogP contribution in [-0.4, -0.2) is 421 Å². The molecule has 0 aromatic heterocycles. The van der Waals surface area contributed by atoms with Gasteiger partial charge in [-0.3, -0.25) is 4.79 Å². The predicted octanol–water partition coefficient (Wildman–Crippen LogP) is -3.75. The number of allylic oxidation sites excluding steroid dienone is 4. The summed E-state index contributed by atoms with van der Waals surface area (Å²) >= 11 is 0. The van der Waals surface area contributed by atoms with E-state index in [-0.39, 0.29) is 61.5 Å². The van der Waals surface area contributed by atoms with E-state index in [1.165, 1.54) is 58.9 Å². The average Bonchev–Trinajstić information content (AvgIpc) is 0.668. The molecule has 13 aliphatic rings. The van der Waals surface area contributed by atoms with Gasteiger partial charge in [-0.25, -0.2) is 9.59 Å². The van der Waals surface area contributed by atoms with Crippen molar-refractivity contribution < 1.29 is 212 Å². The highest BCUT2D eigenvalue weighted by Crippen LogP contribution is 2.76. The van der Waals surface area contributed by atoms with Gasteiger partial charge in [0.05, 0.1) is 87.4 Å². The van der Waals surface area contributed by atoms with E-state index in [1.54, 1.807) is 0 Å². The van der Waals surface area contributed by atoms with Gasteiger partial charge in [0.1, 0.15) is 146 Å². The molecule has 47 atom stereocenters. The fourth-order valence-corrected chi connectivity index (χ4v) is 23.4.